The Morgan fingerprint density at radius 2 is 2.28 bits per heavy atom. The van der Waals surface area contributed by atoms with Crippen molar-refractivity contribution >= 4 is 21.7 Å². The van der Waals surface area contributed by atoms with Crippen LogP contribution in [0.5, 0.6) is 0 Å². The van der Waals surface area contributed by atoms with Crippen molar-refractivity contribution in [3.8, 4) is 0 Å². The minimum Gasteiger partial charge on any atom is -0.294 e. The molecule has 1 aromatic carbocycles. The van der Waals surface area contributed by atoms with Crippen LogP contribution in [0, 0.1) is 11.7 Å². The Hall–Kier alpha value is -0.960. The molecule has 1 aliphatic carbocycles. The van der Waals surface area contributed by atoms with Gasteiger partial charge in [-0.1, -0.05) is 25.1 Å². The maximum atomic E-state index is 13.4. The highest BCUT2D eigenvalue weighted by molar-refractivity contribution is 9.10. The average molecular weight is 311 g/mol. The third-order valence-corrected chi connectivity index (χ3v) is 4.30. The standard InChI is InChI=1S/C15H16BrFO/c1-10-5-7-11(8-6-10)14(18)9-12-3-2-4-13(17)15(12)16/h2-4,7,10H,5-6,8-9H2,1H3. The lowest BCUT2D eigenvalue weighted by molar-refractivity contribution is -0.115. The van der Waals surface area contributed by atoms with Gasteiger partial charge in [0.1, 0.15) is 5.82 Å². The molecule has 0 radical (unpaired) electrons. The molecule has 18 heavy (non-hydrogen) atoms. The molecule has 1 aliphatic rings. The largest absolute Gasteiger partial charge is 0.294 e. The van der Waals surface area contributed by atoms with Gasteiger partial charge in [0.15, 0.2) is 5.78 Å². The molecule has 0 amide bonds. The zero-order valence-electron chi connectivity index (χ0n) is 10.4. The van der Waals surface area contributed by atoms with Crippen LogP contribution < -0.4 is 0 Å². The number of halogens is 2. The molecule has 1 atom stereocenters. The Morgan fingerprint density at radius 3 is 2.94 bits per heavy atom. The molecule has 96 valence electrons. The van der Waals surface area contributed by atoms with Gasteiger partial charge in [0.2, 0.25) is 0 Å². The van der Waals surface area contributed by atoms with Crippen LogP contribution in [0.2, 0.25) is 0 Å². The highest BCUT2D eigenvalue weighted by Gasteiger charge is 2.17. The zero-order valence-corrected chi connectivity index (χ0v) is 12.0. The van der Waals surface area contributed by atoms with E-state index < -0.39 is 0 Å². The van der Waals surface area contributed by atoms with E-state index in [4.69, 9.17) is 0 Å². The number of hydrogen-bond acceptors (Lipinski definition) is 1. The van der Waals surface area contributed by atoms with Crippen molar-refractivity contribution in [1.29, 1.82) is 0 Å². The summed E-state index contributed by atoms with van der Waals surface area (Å²) in [5.41, 5.74) is 1.63. The molecule has 1 nitrogen and oxygen atoms in total. The number of benzene rings is 1. The summed E-state index contributed by atoms with van der Waals surface area (Å²) in [5.74, 6) is 0.474. The van der Waals surface area contributed by atoms with Crippen LogP contribution in [-0.4, -0.2) is 5.78 Å². The second-order valence-electron chi connectivity index (χ2n) is 4.92. The van der Waals surface area contributed by atoms with E-state index >= 15 is 0 Å². The minimum absolute atomic E-state index is 0.119. The smallest absolute Gasteiger partial charge is 0.162 e. The Morgan fingerprint density at radius 1 is 1.50 bits per heavy atom. The number of ketones is 1. The van der Waals surface area contributed by atoms with Crippen molar-refractivity contribution in [1.82, 2.24) is 0 Å². The van der Waals surface area contributed by atoms with Gasteiger partial charge in [0.05, 0.1) is 4.47 Å². The van der Waals surface area contributed by atoms with Gasteiger partial charge in [0, 0.05) is 6.42 Å². The lowest BCUT2D eigenvalue weighted by Gasteiger charge is -2.17. The van der Waals surface area contributed by atoms with Crippen molar-refractivity contribution < 1.29 is 9.18 Å². The van der Waals surface area contributed by atoms with Crippen molar-refractivity contribution in [3.63, 3.8) is 0 Å². The quantitative estimate of drug-likeness (QED) is 0.806. The predicted octanol–water partition coefficient (Wildman–Crippen LogP) is 4.45. The number of carbonyl (C=O) groups is 1. The first kappa shape index (κ1) is 13.5. The van der Waals surface area contributed by atoms with E-state index in [-0.39, 0.29) is 18.0 Å². The Balaban J connectivity index is 2.10. The summed E-state index contributed by atoms with van der Waals surface area (Å²) in [5, 5.41) is 0. The summed E-state index contributed by atoms with van der Waals surface area (Å²) in [4.78, 5) is 12.1. The molecule has 0 saturated carbocycles. The molecule has 2 rings (SSSR count). The van der Waals surface area contributed by atoms with E-state index in [1.54, 1.807) is 12.1 Å². The second kappa shape index (κ2) is 5.79. The first-order valence-corrected chi connectivity index (χ1v) is 7.02. The number of rotatable bonds is 3. The molecule has 1 aromatic rings. The maximum Gasteiger partial charge on any atom is 0.162 e. The fraction of sp³-hybridized carbons (Fsp3) is 0.400. The van der Waals surface area contributed by atoms with Crippen LogP contribution in [0.25, 0.3) is 0 Å². The molecule has 1 unspecified atom stereocenters. The second-order valence-corrected chi connectivity index (χ2v) is 5.71. The fourth-order valence-electron chi connectivity index (χ4n) is 2.19. The molecule has 0 saturated heterocycles. The maximum absolute atomic E-state index is 13.4. The molecule has 0 fully saturated rings. The monoisotopic (exact) mass is 310 g/mol. The normalized spacial score (nSPS) is 19.5. The lowest BCUT2D eigenvalue weighted by atomic mass is 9.88. The molecule has 0 aliphatic heterocycles. The summed E-state index contributed by atoms with van der Waals surface area (Å²) in [6, 6.07) is 4.82. The van der Waals surface area contributed by atoms with E-state index in [2.05, 4.69) is 22.9 Å². The zero-order chi connectivity index (χ0) is 13.1. The highest BCUT2D eigenvalue weighted by Crippen LogP contribution is 2.26. The molecule has 0 heterocycles. The molecular weight excluding hydrogens is 295 g/mol. The van der Waals surface area contributed by atoms with Crippen LogP contribution >= 0.6 is 15.9 Å². The summed E-state index contributed by atoms with van der Waals surface area (Å²) in [7, 11) is 0. The summed E-state index contributed by atoms with van der Waals surface area (Å²) in [6.07, 6.45) is 5.22. The van der Waals surface area contributed by atoms with Crippen molar-refractivity contribution in [2.24, 2.45) is 5.92 Å². The van der Waals surface area contributed by atoms with Crippen LogP contribution in [0.4, 0.5) is 4.39 Å². The Labute approximate surface area is 115 Å². The van der Waals surface area contributed by atoms with Crippen LogP contribution in [-0.2, 0) is 11.2 Å². The SMILES string of the molecule is CC1CC=C(C(=O)Cc2cccc(F)c2Br)CC1. The van der Waals surface area contributed by atoms with Crippen LogP contribution in [0.1, 0.15) is 31.7 Å². The predicted molar refractivity (Wildman–Crippen MR) is 73.9 cm³/mol. The van der Waals surface area contributed by atoms with Gasteiger partial charge in [-0.25, -0.2) is 4.39 Å². The van der Waals surface area contributed by atoms with Gasteiger partial charge >= 0.3 is 0 Å². The summed E-state index contributed by atoms with van der Waals surface area (Å²) < 4.78 is 13.8. The first-order chi connectivity index (χ1) is 8.58. The molecule has 0 bridgehead atoms. The van der Waals surface area contributed by atoms with E-state index in [1.165, 1.54) is 6.07 Å². The van der Waals surface area contributed by atoms with Gasteiger partial charge in [-0.05, 0) is 58.3 Å². The Kier molecular flexibility index (Phi) is 4.33. The summed E-state index contributed by atoms with van der Waals surface area (Å²) in [6.45, 7) is 2.20. The van der Waals surface area contributed by atoms with Gasteiger partial charge in [-0.2, -0.15) is 0 Å². The minimum atomic E-state index is -0.313. The van der Waals surface area contributed by atoms with Crippen molar-refractivity contribution in [2.45, 2.75) is 32.6 Å². The van der Waals surface area contributed by atoms with Crippen molar-refractivity contribution in [3.05, 3.63) is 45.7 Å². The number of Topliss-reactive ketones (excluding diaryl/α,β-unsaturated/α-hetero) is 1. The van der Waals surface area contributed by atoms with Crippen LogP contribution in [0.3, 0.4) is 0 Å². The van der Waals surface area contributed by atoms with E-state index in [0.717, 1.165) is 30.4 Å². The number of hydrogen-bond donors (Lipinski definition) is 0. The molecule has 0 N–H and O–H groups in total. The molecule has 0 aromatic heterocycles. The fourth-order valence-corrected chi connectivity index (χ4v) is 2.59. The average Bonchev–Trinajstić information content (AvgIpc) is 2.36. The van der Waals surface area contributed by atoms with Gasteiger partial charge in [0.25, 0.3) is 0 Å². The van der Waals surface area contributed by atoms with E-state index in [1.807, 2.05) is 6.08 Å². The molecule has 0 spiro atoms. The third kappa shape index (κ3) is 3.08. The third-order valence-electron chi connectivity index (χ3n) is 3.41. The highest BCUT2D eigenvalue weighted by atomic mass is 79.9. The van der Waals surface area contributed by atoms with Gasteiger partial charge in [-0.3, -0.25) is 4.79 Å². The lowest BCUT2D eigenvalue weighted by Crippen LogP contribution is -2.12. The van der Waals surface area contributed by atoms with Crippen LogP contribution in [0.15, 0.2) is 34.3 Å². The topological polar surface area (TPSA) is 17.1 Å². The first-order valence-electron chi connectivity index (χ1n) is 6.23. The molecule has 3 heteroatoms. The van der Waals surface area contributed by atoms with Gasteiger partial charge in [-0.15, -0.1) is 0 Å². The summed E-state index contributed by atoms with van der Waals surface area (Å²) >= 11 is 3.20. The number of carbonyl (C=O) groups excluding carboxylic acids is 1. The molecular formula is C15H16BrFO. The van der Waals surface area contributed by atoms with Gasteiger partial charge < -0.3 is 0 Å². The number of allylic oxidation sites excluding steroid dienone is 2. The van der Waals surface area contributed by atoms with E-state index in [0.29, 0.717) is 10.4 Å². The van der Waals surface area contributed by atoms with Crippen molar-refractivity contribution in [2.75, 3.05) is 0 Å². The van der Waals surface area contributed by atoms with E-state index in [9.17, 15) is 9.18 Å². The Bertz CT molecular complexity index is 493.